The van der Waals surface area contributed by atoms with E-state index in [0.717, 1.165) is 48.0 Å². The van der Waals surface area contributed by atoms with Crippen LogP contribution in [0.15, 0.2) is 36.4 Å². The van der Waals surface area contributed by atoms with Gasteiger partial charge in [0.1, 0.15) is 23.5 Å². The molecule has 0 saturated carbocycles. The standard InChI is InChI=1S/C30H37F4N3/c1-5-6-11-36-15-20(16-36)27(33)19-13-23(31)26(24(32)14-19)29-28-22(21-9-7-8-10-25(21)35-28)12-18(2)37(29)17-30(3,4)34/h7-10,13-14,18,20,27,29,35H,5-6,11-12,15-17H2,1-4H3/t18-,27-,29-/m1/s1. The second-order valence-electron chi connectivity index (χ2n) is 11.6. The fourth-order valence-corrected chi connectivity index (χ4v) is 6.15. The molecule has 3 atom stereocenters. The number of likely N-dealkylation sites (tertiary alicyclic amines) is 1. The summed E-state index contributed by atoms with van der Waals surface area (Å²) in [7, 11) is 0. The monoisotopic (exact) mass is 515 g/mol. The van der Waals surface area contributed by atoms with Gasteiger partial charge in [0, 0.05) is 53.8 Å². The number of fused-ring (bicyclic) bond motifs is 3. The van der Waals surface area contributed by atoms with E-state index >= 15 is 13.2 Å². The predicted octanol–water partition coefficient (Wildman–Crippen LogP) is 7.27. The molecule has 0 amide bonds. The highest BCUT2D eigenvalue weighted by Crippen LogP contribution is 2.44. The van der Waals surface area contributed by atoms with E-state index in [1.54, 1.807) is 0 Å². The van der Waals surface area contributed by atoms with Crippen molar-refractivity contribution in [3.63, 3.8) is 0 Å². The topological polar surface area (TPSA) is 22.3 Å². The molecule has 37 heavy (non-hydrogen) atoms. The summed E-state index contributed by atoms with van der Waals surface area (Å²) in [6.45, 7) is 9.17. The van der Waals surface area contributed by atoms with Crippen molar-refractivity contribution in [2.75, 3.05) is 26.2 Å². The molecular weight excluding hydrogens is 478 g/mol. The summed E-state index contributed by atoms with van der Waals surface area (Å²) in [4.78, 5) is 7.39. The molecule has 1 N–H and O–H groups in total. The Balaban J connectivity index is 1.52. The fourth-order valence-electron chi connectivity index (χ4n) is 6.15. The Morgan fingerprint density at radius 3 is 2.43 bits per heavy atom. The predicted molar refractivity (Wildman–Crippen MR) is 140 cm³/mol. The number of nitrogens with zero attached hydrogens (tertiary/aromatic N) is 2. The third kappa shape index (κ3) is 5.05. The zero-order chi connectivity index (χ0) is 26.5. The average molecular weight is 516 g/mol. The number of hydrogen-bond acceptors (Lipinski definition) is 2. The van der Waals surface area contributed by atoms with Crippen molar-refractivity contribution in [2.45, 2.75) is 70.9 Å². The van der Waals surface area contributed by atoms with Crippen LogP contribution < -0.4 is 0 Å². The van der Waals surface area contributed by atoms with Gasteiger partial charge in [-0.05, 0) is 69.5 Å². The summed E-state index contributed by atoms with van der Waals surface area (Å²) in [6.07, 6.45) is 1.34. The lowest BCUT2D eigenvalue weighted by molar-refractivity contribution is 0.0371. The molecule has 2 aromatic carbocycles. The Kier molecular flexibility index (Phi) is 7.14. The first-order valence-electron chi connectivity index (χ1n) is 13.5. The molecule has 5 rings (SSSR count). The molecule has 0 bridgehead atoms. The van der Waals surface area contributed by atoms with Crippen molar-refractivity contribution in [1.29, 1.82) is 0 Å². The third-order valence-electron chi connectivity index (χ3n) is 8.00. The van der Waals surface area contributed by atoms with Gasteiger partial charge in [-0.15, -0.1) is 0 Å². The van der Waals surface area contributed by atoms with E-state index in [0.29, 0.717) is 25.2 Å². The summed E-state index contributed by atoms with van der Waals surface area (Å²) in [5, 5.41) is 1.01. The van der Waals surface area contributed by atoms with Gasteiger partial charge < -0.3 is 9.88 Å². The second-order valence-corrected chi connectivity index (χ2v) is 11.6. The Morgan fingerprint density at radius 2 is 1.78 bits per heavy atom. The van der Waals surface area contributed by atoms with Gasteiger partial charge in [0.25, 0.3) is 0 Å². The first-order chi connectivity index (χ1) is 17.6. The molecular formula is C30H37F4N3. The molecule has 1 fully saturated rings. The quantitative estimate of drug-likeness (QED) is 0.319. The van der Waals surface area contributed by atoms with E-state index in [2.05, 4.69) is 16.8 Å². The number of para-hydroxylation sites is 1. The van der Waals surface area contributed by atoms with Crippen molar-refractivity contribution in [3.05, 3.63) is 70.4 Å². The Hall–Kier alpha value is -2.38. The average Bonchev–Trinajstić information content (AvgIpc) is 3.16. The maximum atomic E-state index is 15.8. The number of alkyl halides is 2. The molecule has 200 valence electrons. The maximum Gasteiger partial charge on any atom is 0.131 e. The molecule has 2 aliphatic heterocycles. The number of rotatable bonds is 8. The van der Waals surface area contributed by atoms with Crippen molar-refractivity contribution in [3.8, 4) is 0 Å². The van der Waals surface area contributed by atoms with Crippen LogP contribution in [0, 0.1) is 17.6 Å². The Labute approximate surface area is 216 Å². The number of aromatic nitrogens is 1. The number of hydrogen-bond donors (Lipinski definition) is 1. The molecule has 1 aromatic heterocycles. The highest BCUT2D eigenvalue weighted by atomic mass is 19.1. The first kappa shape index (κ1) is 26.2. The smallest absolute Gasteiger partial charge is 0.131 e. The van der Waals surface area contributed by atoms with Crippen LogP contribution in [0.4, 0.5) is 17.6 Å². The van der Waals surface area contributed by atoms with Gasteiger partial charge in [0.15, 0.2) is 0 Å². The van der Waals surface area contributed by atoms with Gasteiger partial charge in [0.05, 0.1) is 6.04 Å². The Morgan fingerprint density at radius 1 is 1.11 bits per heavy atom. The van der Waals surface area contributed by atoms with Crippen LogP contribution in [0.3, 0.4) is 0 Å². The number of H-pyrrole nitrogens is 1. The van der Waals surface area contributed by atoms with Gasteiger partial charge >= 0.3 is 0 Å². The summed E-state index contributed by atoms with van der Waals surface area (Å²) in [6, 6.07) is 9.08. The number of aromatic amines is 1. The van der Waals surface area contributed by atoms with Gasteiger partial charge in [-0.2, -0.15) is 0 Å². The van der Waals surface area contributed by atoms with E-state index in [1.807, 2.05) is 36.1 Å². The van der Waals surface area contributed by atoms with E-state index in [9.17, 15) is 4.39 Å². The van der Waals surface area contributed by atoms with Crippen molar-refractivity contribution >= 4 is 10.9 Å². The largest absolute Gasteiger partial charge is 0.357 e. The highest BCUT2D eigenvalue weighted by molar-refractivity contribution is 5.85. The van der Waals surface area contributed by atoms with Crippen molar-refractivity contribution in [1.82, 2.24) is 14.8 Å². The molecule has 0 spiro atoms. The minimum absolute atomic E-state index is 0.00960. The van der Waals surface area contributed by atoms with E-state index < -0.39 is 29.5 Å². The lowest BCUT2D eigenvalue weighted by atomic mass is 9.85. The number of halogens is 4. The molecule has 3 nitrogen and oxygen atoms in total. The third-order valence-corrected chi connectivity index (χ3v) is 8.00. The summed E-state index contributed by atoms with van der Waals surface area (Å²) >= 11 is 0. The SMILES string of the molecule is CCCCN1CC([C@H](F)c2cc(F)c([C@@H]3c4[nH]c5ccccc5c4C[C@@H](C)N3CC(C)(C)F)c(F)c2)C1. The maximum absolute atomic E-state index is 15.8. The van der Waals surface area contributed by atoms with Crippen LogP contribution in [0.2, 0.25) is 0 Å². The zero-order valence-corrected chi connectivity index (χ0v) is 22.1. The molecule has 0 radical (unpaired) electrons. The molecule has 0 unspecified atom stereocenters. The normalized spacial score (nSPS) is 22.3. The van der Waals surface area contributed by atoms with Crippen molar-refractivity contribution < 1.29 is 17.6 Å². The molecule has 1 saturated heterocycles. The lowest BCUT2D eigenvalue weighted by Gasteiger charge is -2.43. The molecule has 0 aliphatic carbocycles. The van der Waals surface area contributed by atoms with Gasteiger partial charge in [-0.1, -0.05) is 31.5 Å². The molecule has 7 heteroatoms. The van der Waals surface area contributed by atoms with E-state index in [4.69, 9.17) is 0 Å². The summed E-state index contributed by atoms with van der Waals surface area (Å²) in [5.74, 6) is -1.84. The van der Waals surface area contributed by atoms with Gasteiger partial charge in [-0.25, -0.2) is 17.6 Å². The fraction of sp³-hybridized carbons (Fsp3) is 0.533. The van der Waals surface area contributed by atoms with E-state index in [-0.39, 0.29) is 29.6 Å². The summed E-state index contributed by atoms with van der Waals surface area (Å²) < 4.78 is 61.9. The van der Waals surface area contributed by atoms with Crippen LogP contribution in [0.5, 0.6) is 0 Å². The minimum atomic E-state index is -1.57. The molecule has 3 heterocycles. The van der Waals surface area contributed by atoms with Crippen molar-refractivity contribution in [2.24, 2.45) is 5.92 Å². The highest BCUT2D eigenvalue weighted by Gasteiger charge is 2.42. The molecule has 3 aromatic rings. The first-order valence-corrected chi connectivity index (χ1v) is 13.5. The summed E-state index contributed by atoms with van der Waals surface area (Å²) in [5.41, 5.74) is 0.867. The minimum Gasteiger partial charge on any atom is -0.357 e. The van der Waals surface area contributed by atoms with E-state index in [1.165, 1.54) is 13.8 Å². The van der Waals surface area contributed by atoms with Gasteiger partial charge in [-0.3, -0.25) is 4.90 Å². The van der Waals surface area contributed by atoms with Crippen LogP contribution in [-0.4, -0.2) is 52.7 Å². The van der Waals surface area contributed by atoms with Gasteiger partial charge in [0.2, 0.25) is 0 Å². The van der Waals surface area contributed by atoms with Crippen LogP contribution in [0.25, 0.3) is 10.9 Å². The van der Waals surface area contributed by atoms with Crippen LogP contribution in [-0.2, 0) is 6.42 Å². The number of unbranched alkanes of at least 4 members (excludes halogenated alkanes) is 1. The lowest BCUT2D eigenvalue weighted by Crippen LogP contribution is -2.49. The van der Waals surface area contributed by atoms with Crippen LogP contribution >= 0.6 is 0 Å². The van der Waals surface area contributed by atoms with Crippen LogP contribution in [0.1, 0.15) is 75.1 Å². The second kappa shape index (κ2) is 10.1. The Bertz CT molecular complexity index is 1230. The zero-order valence-electron chi connectivity index (χ0n) is 22.1. The number of benzene rings is 2. The number of nitrogens with one attached hydrogen (secondary N) is 1. The molecule has 2 aliphatic rings.